The largest absolute Gasteiger partial charge is 0.324 e. The fourth-order valence-electron chi connectivity index (χ4n) is 2.88. The Bertz CT molecular complexity index is 239. The normalized spacial score (nSPS) is 13.4. The van der Waals surface area contributed by atoms with Crippen LogP contribution in [0.4, 0.5) is 0 Å². The Hall–Kier alpha value is -0.120. The minimum atomic E-state index is -0.0508. The fourth-order valence-corrected chi connectivity index (χ4v) is 2.88. The minimum absolute atomic E-state index is 0.0508. The highest BCUT2D eigenvalue weighted by atomic mass is 15.1. The van der Waals surface area contributed by atoms with E-state index >= 15 is 0 Å². The second-order valence-electron chi connectivity index (χ2n) is 7.22. The van der Waals surface area contributed by atoms with E-state index in [4.69, 9.17) is 5.73 Å². The van der Waals surface area contributed by atoms with E-state index in [1.165, 1.54) is 64.2 Å². The second-order valence-corrected chi connectivity index (χ2v) is 7.22. The maximum absolute atomic E-state index is 6.43. The molecule has 3 nitrogen and oxygen atoms in total. The molecule has 0 heterocycles. The molecule has 0 aromatic heterocycles. The van der Waals surface area contributed by atoms with Gasteiger partial charge in [-0.05, 0) is 32.2 Å². The van der Waals surface area contributed by atoms with Crippen LogP contribution in [-0.4, -0.2) is 24.8 Å². The molecule has 1 atom stereocenters. The zero-order chi connectivity index (χ0) is 17.4. The van der Waals surface area contributed by atoms with E-state index in [-0.39, 0.29) is 5.54 Å². The third kappa shape index (κ3) is 12.9. The molecule has 1 unspecified atom stereocenters. The number of hydrogen-bond donors (Lipinski definition) is 3. The van der Waals surface area contributed by atoms with Crippen LogP contribution in [0.3, 0.4) is 0 Å². The molecule has 0 saturated heterocycles. The lowest BCUT2D eigenvalue weighted by Gasteiger charge is -2.30. The summed E-state index contributed by atoms with van der Waals surface area (Å²) >= 11 is 0. The molecule has 23 heavy (non-hydrogen) atoms. The Morgan fingerprint density at radius 1 is 0.739 bits per heavy atom. The molecule has 3 heteroatoms. The summed E-state index contributed by atoms with van der Waals surface area (Å²) in [5.74, 6) is 0. The third-order valence-corrected chi connectivity index (χ3v) is 5.13. The molecule has 0 radical (unpaired) electrons. The van der Waals surface area contributed by atoms with E-state index in [1.54, 1.807) is 0 Å². The lowest BCUT2D eigenvalue weighted by Crippen LogP contribution is -2.53. The van der Waals surface area contributed by atoms with E-state index in [0.717, 1.165) is 25.9 Å². The van der Waals surface area contributed by atoms with Gasteiger partial charge in [0.1, 0.15) is 0 Å². The number of nitrogens with one attached hydrogen (secondary N) is 2. The van der Waals surface area contributed by atoms with Crippen LogP contribution in [-0.2, 0) is 0 Å². The Kier molecular flexibility index (Phi) is 15.3. The van der Waals surface area contributed by atoms with Gasteiger partial charge in [0.05, 0.1) is 6.17 Å². The summed E-state index contributed by atoms with van der Waals surface area (Å²) in [4.78, 5) is 0. The zero-order valence-electron chi connectivity index (χ0n) is 16.6. The topological polar surface area (TPSA) is 50.1 Å². The second kappa shape index (κ2) is 15.4. The molecule has 0 rings (SSSR count). The van der Waals surface area contributed by atoms with E-state index in [2.05, 4.69) is 38.3 Å². The van der Waals surface area contributed by atoms with Gasteiger partial charge in [-0.25, -0.2) is 0 Å². The van der Waals surface area contributed by atoms with E-state index in [9.17, 15) is 0 Å². The van der Waals surface area contributed by atoms with Crippen LogP contribution in [0.1, 0.15) is 105 Å². The summed E-state index contributed by atoms with van der Waals surface area (Å²) in [5.41, 5.74) is 6.38. The van der Waals surface area contributed by atoms with Crippen LogP contribution in [0.25, 0.3) is 0 Å². The fraction of sp³-hybridized carbons (Fsp3) is 1.00. The number of rotatable bonds is 17. The molecule has 0 aromatic rings. The molecule has 140 valence electrons. The summed E-state index contributed by atoms with van der Waals surface area (Å²) in [5, 5.41) is 7.42. The van der Waals surface area contributed by atoms with Gasteiger partial charge in [-0.1, -0.05) is 79.1 Å². The van der Waals surface area contributed by atoms with Crippen molar-refractivity contribution >= 4 is 0 Å². The molecule has 0 aliphatic heterocycles. The van der Waals surface area contributed by atoms with Gasteiger partial charge in [0.15, 0.2) is 0 Å². The summed E-state index contributed by atoms with van der Waals surface area (Å²) < 4.78 is 0. The predicted molar refractivity (Wildman–Crippen MR) is 105 cm³/mol. The number of nitrogens with two attached hydrogens (primary N) is 1. The van der Waals surface area contributed by atoms with Crippen molar-refractivity contribution in [3.05, 3.63) is 0 Å². The van der Waals surface area contributed by atoms with Crippen molar-refractivity contribution in [3.63, 3.8) is 0 Å². The monoisotopic (exact) mass is 327 g/mol. The molecular weight excluding hydrogens is 282 g/mol. The first-order valence-corrected chi connectivity index (χ1v) is 10.4. The van der Waals surface area contributed by atoms with Crippen molar-refractivity contribution in [2.24, 2.45) is 5.73 Å². The van der Waals surface area contributed by atoms with Gasteiger partial charge < -0.3 is 16.4 Å². The number of hydrogen-bond acceptors (Lipinski definition) is 3. The van der Waals surface area contributed by atoms with Gasteiger partial charge in [-0.3, -0.25) is 0 Å². The average molecular weight is 328 g/mol. The third-order valence-electron chi connectivity index (χ3n) is 5.13. The zero-order valence-corrected chi connectivity index (χ0v) is 16.6. The van der Waals surface area contributed by atoms with Crippen LogP contribution in [0.5, 0.6) is 0 Å². The Labute approximate surface area is 146 Å². The highest BCUT2D eigenvalue weighted by molar-refractivity contribution is 4.84. The average Bonchev–Trinajstić information content (AvgIpc) is 2.58. The Morgan fingerprint density at radius 2 is 1.30 bits per heavy atom. The molecule has 0 aromatic carbocycles. The highest BCUT2D eigenvalue weighted by Gasteiger charge is 2.21. The van der Waals surface area contributed by atoms with Gasteiger partial charge in [0.2, 0.25) is 0 Å². The summed E-state index contributed by atoms with van der Waals surface area (Å²) in [6.07, 6.45) is 15.8. The van der Waals surface area contributed by atoms with Gasteiger partial charge in [0, 0.05) is 12.1 Å². The van der Waals surface area contributed by atoms with Crippen molar-refractivity contribution in [2.75, 3.05) is 13.1 Å². The molecule has 0 aliphatic carbocycles. The molecule has 0 amide bonds. The van der Waals surface area contributed by atoms with Crippen molar-refractivity contribution in [2.45, 2.75) is 116 Å². The maximum atomic E-state index is 6.43. The maximum Gasteiger partial charge on any atom is 0.0572 e. The molecule has 4 N–H and O–H groups in total. The van der Waals surface area contributed by atoms with E-state index in [1.807, 2.05) is 0 Å². The van der Waals surface area contributed by atoms with E-state index < -0.39 is 0 Å². The molecule has 0 aliphatic rings. The Morgan fingerprint density at radius 3 is 1.91 bits per heavy atom. The van der Waals surface area contributed by atoms with Crippen LogP contribution >= 0.6 is 0 Å². The van der Waals surface area contributed by atoms with Crippen LogP contribution < -0.4 is 16.4 Å². The smallest absolute Gasteiger partial charge is 0.0572 e. The lowest BCUT2D eigenvalue weighted by atomic mass is 9.94. The van der Waals surface area contributed by atoms with Crippen molar-refractivity contribution in [1.29, 1.82) is 0 Å². The van der Waals surface area contributed by atoms with Crippen LogP contribution in [0.15, 0.2) is 0 Å². The SMILES string of the molecule is CCCCCCCCNC(CCCCC)NCC(N)(CC)CC. The van der Waals surface area contributed by atoms with Gasteiger partial charge in [0.25, 0.3) is 0 Å². The van der Waals surface area contributed by atoms with Gasteiger partial charge in [-0.2, -0.15) is 0 Å². The van der Waals surface area contributed by atoms with Crippen molar-refractivity contribution in [1.82, 2.24) is 10.6 Å². The lowest BCUT2D eigenvalue weighted by molar-refractivity contribution is 0.309. The molecular formula is C20H45N3. The number of unbranched alkanes of at least 4 members (excludes halogenated alkanes) is 7. The molecule has 0 fully saturated rings. The highest BCUT2D eigenvalue weighted by Crippen LogP contribution is 2.11. The first kappa shape index (κ1) is 22.9. The molecule has 0 saturated carbocycles. The Balaban J connectivity index is 3.99. The molecule has 0 bridgehead atoms. The summed E-state index contributed by atoms with van der Waals surface area (Å²) in [6.45, 7) is 11.0. The first-order valence-electron chi connectivity index (χ1n) is 10.4. The van der Waals surface area contributed by atoms with Crippen LogP contribution in [0.2, 0.25) is 0 Å². The standard InChI is InChI=1S/C20H45N3/c1-5-9-11-12-13-15-17-22-19(16-14-10-6-2)23-18-20(21,7-3)8-4/h19,22-23H,5-18,21H2,1-4H3. The van der Waals surface area contributed by atoms with Crippen molar-refractivity contribution in [3.8, 4) is 0 Å². The minimum Gasteiger partial charge on any atom is -0.324 e. The van der Waals surface area contributed by atoms with E-state index in [0.29, 0.717) is 6.17 Å². The summed E-state index contributed by atoms with van der Waals surface area (Å²) in [6, 6.07) is 0. The van der Waals surface area contributed by atoms with Gasteiger partial charge in [-0.15, -0.1) is 0 Å². The van der Waals surface area contributed by atoms with Crippen LogP contribution in [0, 0.1) is 0 Å². The quantitative estimate of drug-likeness (QED) is 0.262. The first-order chi connectivity index (χ1) is 11.1. The van der Waals surface area contributed by atoms with Crippen molar-refractivity contribution < 1.29 is 0 Å². The summed E-state index contributed by atoms with van der Waals surface area (Å²) in [7, 11) is 0. The predicted octanol–water partition coefficient (Wildman–Crippen LogP) is 4.95. The molecule has 0 spiro atoms. The van der Waals surface area contributed by atoms with Gasteiger partial charge >= 0.3 is 0 Å².